The number of alkyl halides is 3. The van der Waals surface area contributed by atoms with Gasteiger partial charge in [0.05, 0.1) is 12.3 Å². The summed E-state index contributed by atoms with van der Waals surface area (Å²) >= 11 is 6.35. The number of unbranched alkanes of at least 4 members (excludes halogenated alkanes) is 1. The van der Waals surface area contributed by atoms with Gasteiger partial charge in [0.1, 0.15) is 5.82 Å². The van der Waals surface area contributed by atoms with E-state index in [-0.39, 0.29) is 5.56 Å². The van der Waals surface area contributed by atoms with Gasteiger partial charge in [0.15, 0.2) is 5.15 Å². The Kier molecular flexibility index (Phi) is 9.35. The molecule has 0 atom stereocenters. The summed E-state index contributed by atoms with van der Waals surface area (Å²) in [5.74, 6) is -0.184. The second-order valence-electron chi connectivity index (χ2n) is 8.14. The van der Waals surface area contributed by atoms with Crippen LogP contribution in [0, 0.1) is 0 Å². The van der Waals surface area contributed by atoms with Gasteiger partial charge < -0.3 is 9.30 Å². The first kappa shape index (κ1) is 28.6. The standard InChI is InChI=1S/C24H26ClF3N4O4S/c1-3-4-9-21-29-22(25)20(15-36-2)32(21)14-16-10-12-17(13-11-16)18-7-5-6-8-19(18)23(33)30-31-37(34,35)24(26,27)28/h5-8,10-13,31H,3-4,9,14-15H2,1-2H3,(H,30,33). The number of carbonyl (C=O) groups excluding carboxylic acids is 1. The summed E-state index contributed by atoms with van der Waals surface area (Å²) in [4.78, 5) is 18.1. The number of aromatic nitrogens is 2. The molecule has 0 saturated carbocycles. The SMILES string of the molecule is CCCCc1nc(Cl)c(COC)n1Cc1ccc(-c2ccccc2C(=O)NNS(=O)(=O)C(F)(F)F)cc1. The van der Waals surface area contributed by atoms with Crippen LogP contribution in [0.5, 0.6) is 0 Å². The Morgan fingerprint density at radius 3 is 2.43 bits per heavy atom. The van der Waals surface area contributed by atoms with Crippen molar-refractivity contribution in [3.63, 3.8) is 0 Å². The van der Waals surface area contributed by atoms with Crippen molar-refractivity contribution in [1.29, 1.82) is 0 Å². The molecule has 13 heteroatoms. The van der Waals surface area contributed by atoms with Gasteiger partial charge in [-0.05, 0) is 29.2 Å². The van der Waals surface area contributed by atoms with E-state index in [1.54, 1.807) is 36.8 Å². The number of benzene rings is 2. The predicted octanol–water partition coefficient (Wildman–Crippen LogP) is 4.82. The van der Waals surface area contributed by atoms with Gasteiger partial charge in [-0.2, -0.15) is 13.2 Å². The predicted molar refractivity (Wildman–Crippen MR) is 133 cm³/mol. The molecule has 0 bridgehead atoms. The van der Waals surface area contributed by atoms with Crippen LogP contribution >= 0.6 is 11.6 Å². The van der Waals surface area contributed by atoms with Crippen LogP contribution in [0.4, 0.5) is 13.2 Å². The molecule has 0 spiro atoms. The van der Waals surface area contributed by atoms with Crippen molar-refractivity contribution in [2.75, 3.05) is 7.11 Å². The zero-order valence-corrected chi connectivity index (χ0v) is 21.7. The molecule has 1 amide bonds. The minimum atomic E-state index is -5.74. The molecule has 0 saturated heterocycles. The number of ether oxygens (including phenoxy) is 1. The number of hydrazine groups is 1. The number of amides is 1. The van der Waals surface area contributed by atoms with Crippen LogP contribution in [-0.4, -0.2) is 36.5 Å². The third-order valence-electron chi connectivity index (χ3n) is 5.52. The molecule has 2 aromatic carbocycles. The number of rotatable bonds is 11. The molecule has 3 aromatic rings. The van der Waals surface area contributed by atoms with Gasteiger partial charge in [-0.25, -0.2) is 13.4 Å². The van der Waals surface area contributed by atoms with Gasteiger partial charge in [-0.3, -0.25) is 10.2 Å². The Hall–Kier alpha value is -2.93. The maximum Gasteiger partial charge on any atom is 0.513 e. The molecule has 8 nitrogen and oxygen atoms in total. The second-order valence-corrected chi connectivity index (χ2v) is 10.2. The molecule has 1 heterocycles. The lowest BCUT2D eigenvalue weighted by molar-refractivity contribution is -0.0450. The Balaban J connectivity index is 1.84. The van der Waals surface area contributed by atoms with E-state index in [0.717, 1.165) is 41.2 Å². The van der Waals surface area contributed by atoms with Gasteiger partial charge in [-0.15, -0.1) is 4.83 Å². The zero-order valence-electron chi connectivity index (χ0n) is 20.1. The number of halogens is 4. The number of nitrogens with one attached hydrogen (secondary N) is 2. The summed E-state index contributed by atoms with van der Waals surface area (Å²) in [5, 5.41) is 0.394. The summed E-state index contributed by atoms with van der Waals surface area (Å²) in [6.07, 6.45) is 2.72. The smallest absolute Gasteiger partial charge is 0.378 e. The van der Waals surface area contributed by atoms with Gasteiger partial charge in [0.2, 0.25) is 0 Å². The van der Waals surface area contributed by atoms with Crippen LogP contribution in [0.25, 0.3) is 11.1 Å². The summed E-state index contributed by atoms with van der Waals surface area (Å²) < 4.78 is 67.4. The van der Waals surface area contributed by atoms with Gasteiger partial charge >= 0.3 is 15.5 Å². The lowest BCUT2D eigenvalue weighted by Crippen LogP contribution is -2.47. The molecule has 2 N–H and O–H groups in total. The fourth-order valence-corrected chi connectivity index (χ4v) is 4.23. The largest absolute Gasteiger partial charge is 0.513 e. The number of sulfonamides is 1. The highest BCUT2D eigenvalue weighted by Gasteiger charge is 2.46. The number of imidazole rings is 1. The van der Waals surface area contributed by atoms with E-state index < -0.39 is 21.4 Å². The third-order valence-corrected chi connectivity index (χ3v) is 6.80. The van der Waals surface area contributed by atoms with Gasteiger partial charge in [0, 0.05) is 25.6 Å². The zero-order chi connectivity index (χ0) is 27.2. The molecule has 200 valence electrons. The minimum absolute atomic E-state index is 0.00857. The van der Waals surface area contributed by atoms with Gasteiger partial charge in [0.25, 0.3) is 5.91 Å². The van der Waals surface area contributed by atoms with E-state index in [9.17, 15) is 26.4 Å². The Bertz CT molecular complexity index is 1340. The van der Waals surface area contributed by atoms with E-state index in [0.29, 0.717) is 29.4 Å². The number of hydrogen-bond acceptors (Lipinski definition) is 5. The van der Waals surface area contributed by atoms with Crippen LogP contribution < -0.4 is 10.3 Å². The van der Waals surface area contributed by atoms with Crippen molar-refractivity contribution in [3.8, 4) is 11.1 Å². The van der Waals surface area contributed by atoms with Crippen molar-refractivity contribution in [1.82, 2.24) is 19.8 Å². The first-order chi connectivity index (χ1) is 17.5. The van der Waals surface area contributed by atoms with Crippen molar-refractivity contribution >= 4 is 27.5 Å². The molecule has 1 aromatic heterocycles. The number of methoxy groups -OCH3 is 1. The molecule has 0 aliphatic heterocycles. The topological polar surface area (TPSA) is 102 Å². The van der Waals surface area contributed by atoms with Crippen LogP contribution in [0.2, 0.25) is 5.15 Å². The molecule has 37 heavy (non-hydrogen) atoms. The van der Waals surface area contributed by atoms with Crippen molar-refractivity contribution in [2.24, 2.45) is 0 Å². The highest BCUT2D eigenvalue weighted by molar-refractivity contribution is 7.90. The van der Waals surface area contributed by atoms with Crippen LogP contribution in [0.3, 0.4) is 0 Å². The van der Waals surface area contributed by atoms with Crippen LogP contribution in [-0.2, 0) is 34.3 Å². The summed E-state index contributed by atoms with van der Waals surface area (Å²) in [6, 6.07) is 13.4. The average molecular weight is 559 g/mol. The number of aryl methyl sites for hydroxylation is 1. The lowest BCUT2D eigenvalue weighted by atomic mass is 9.98. The normalized spacial score (nSPS) is 12.1. The monoisotopic (exact) mass is 558 g/mol. The number of nitrogens with zero attached hydrogens (tertiary/aromatic N) is 2. The summed E-state index contributed by atoms with van der Waals surface area (Å²) in [7, 11) is -4.16. The summed E-state index contributed by atoms with van der Waals surface area (Å²) in [5.41, 5.74) is -1.25. The van der Waals surface area contributed by atoms with Crippen molar-refractivity contribution in [3.05, 3.63) is 76.3 Å². The highest BCUT2D eigenvalue weighted by atomic mass is 35.5. The molecular weight excluding hydrogens is 533 g/mol. The van der Waals surface area contributed by atoms with E-state index in [1.165, 1.54) is 12.1 Å². The first-order valence-electron chi connectivity index (χ1n) is 11.3. The minimum Gasteiger partial charge on any atom is -0.378 e. The number of carbonyl (C=O) groups is 1. The Morgan fingerprint density at radius 2 is 1.81 bits per heavy atom. The molecule has 0 unspecified atom stereocenters. The summed E-state index contributed by atoms with van der Waals surface area (Å²) in [6.45, 7) is 2.88. The fourth-order valence-electron chi connectivity index (χ4n) is 3.64. The fraction of sp³-hybridized carbons (Fsp3) is 0.333. The Morgan fingerprint density at radius 1 is 1.14 bits per heavy atom. The third kappa shape index (κ3) is 6.89. The molecule has 3 rings (SSSR count). The van der Waals surface area contributed by atoms with Crippen molar-refractivity contribution < 1.29 is 31.1 Å². The average Bonchev–Trinajstić information content (AvgIpc) is 3.15. The van der Waals surface area contributed by atoms with Crippen molar-refractivity contribution in [2.45, 2.75) is 44.8 Å². The molecular formula is C24H26ClF3N4O4S. The van der Waals surface area contributed by atoms with Gasteiger partial charge in [-0.1, -0.05) is 67.4 Å². The van der Waals surface area contributed by atoms with E-state index in [1.807, 2.05) is 16.7 Å². The molecule has 0 radical (unpaired) electrons. The lowest BCUT2D eigenvalue weighted by Gasteiger charge is -2.14. The highest BCUT2D eigenvalue weighted by Crippen LogP contribution is 2.26. The second kappa shape index (κ2) is 12.1. The molecule has 0 aliphatic carbocycles. The molecule has 0 fully saturated rings. The Labute approximate surface area is 217 Å². The molecule has 0 aliphatic rings. The van der Waals surface area contributed by atoms with E-state index in [4.69, 9.17) is 16.3 Å². The van der Waals surface area contributed by atoms with E-state index in [2.05, 4.69) is 11.9 Å². The quantitative estimate of drug-likeness (QED) is 0.328. The van der Waals surface area contributed by atoms with Crippen LogP contribution in [0.15, 0.2) is 48.5 Å². The van der Waals surface area contributed by atoms with Crippen LogP contribution in [0.1, 0.15) is 47.2 Å². The maximum atomic E-state index is 12.6. The first-order valence-corrected chi connectivity index (χ1v) is 13.1. The van der Waals surface area contributed by atoms with E-state index >= 15 is 0 Å². The number of hydrogen-bond donors (Lipinski definition) is 2. The maximum absolute atomic E-state index is 12.6.